The number of esters is 2. The van der Waals surface area contributed by atoms with Gasteiger partial charge in [-0.25, -0.2) is 4.79 Å². The van der Waals surface area contributed by atoms with Crippen LogP contribution in [0, 0.1) is 0 Å². The summed E-state index contributed by atoms with van der Waals surface area (Å²) in [5.74, 6) is -3.33. The van der Waals surface area contributed by atoms with Gasteiger partial charge < -0.3 is 19.7 Å². The van der Waals surface area contributed by atoms with Gasteiger partial charge in [-0.3, -0.25) is 9.59 Å². The molecule has 0 aromatic carbocycles. The smallest absolute Gasteiger partial charge is 0.336 e. The van der Waals surface area contributed by atoms with Crippen LogP contribution in [0.3, 0.4) is 0 Å². The molecule has 0 saturated heterocycles. The minimum absolute atomic E-state index is 0.136. The number of aliphatic carboxylic acids is 1. The highest BCUT2D eigenvalue weighted by atomic mass is 16.5. The first-order chi connectivity index (χ1) is 12.4. The van der Waals surface area contributed by atoms with Crippen LogP contribution >= 0.6 is 0 Å². The van der Waals surface area contributed by atoms with Crippen LogP contribution in [0.4, 0.5) is 0 Å². The number of rotatable bonds is 16. The third kappa shape index (κ3) is 11.8. The summed E-state index contributed by atoms with van der Waals surface area (Å²) < 4.78 is 9.75. The van der Waals surface area contributed by atoms with Gasteiger partial charge in [0.25, 0.3) is 0 Å². The monoisotopic (exact) mass is 374 g/mol. The Kier molecular flexibility index (Phi) is 13.6. The summed E-state index contributed by atoms with van der Waals surface area (Å²) >= 11 is 0. The van der Waals surface area contributed by atoms with Crippen molar-refractivity contribution in [1.29, 1.82) is 0 Å². The molecule has 0 saturated carbocycles. The number of unbranched alkanes of at least 4 members (excludes halogenated alkanes) is 7. The highest BCUT2D eigenvalue weighted by Crippen LogP contribution is 2.18. The Hall–Kier alpha value is -1.63. The van der Waals surface area contributed by atoms with Crippen molar-refractivity contribution in [3.05, 3.63) is 0 Å². The first-order valence-corrected chi connectivity index (χ1v) is 9.62. The number of carboxylic acids is 1. The number of hydrogen-bond acceptors (Lipinski definition) is 6. The van der Waals surface area contributed by atoms with Gasteiger partial charge in [-0.2, -0.15) is 0 Å². The highest BCUT2D eigenvalue weighted by molar-refractivity contribution is 5.88. The van der Waals surface area contributed by atoms with Gasteiger partial charge in [0.1, 0.15) is 0 Å². The fourth-order valence-corrected chi connectivity index (χ4v) is 2.43. The summed E-state index contributed by atoms with van der Waals surface area (Å²) in [6.45, 7) is 4.29. The third-order valence-electron chi connectivity index (χ3n) is 4.00. The highest BCUT2D eigenvalue weighted by Gasteiger charge is 2.41. The molecule has 0 radical (unpaired) electrons. The molecule has 1 atom stereocenters. The molecule has 0 rings (SSSR count). The molecule has 0 amide bonds. The maximum absolute atomic E-state index is 11.8. The molecule has 0 bridgehead atoms. The largest absolute Gasteiger partial charge is 0.479 e. The number of carboxylic acid groups (broad SMARTS) is 1. The standard InChI is InChI=1S/C19H34O7/c1-3-5-6-7-8-9-10-11-13-26-17(21)15-19(24,18(22)23)14-16(20)25-12-4-2/h24H,3-15H2,1-2H3,(H,22,23). The SMILES string of the molecule is CCCCCCCCCCOC(=O)CC(O)(CC(=O)OCCC)C(=O)O. The number of hydrogen-bond donors (Lipinski definition) is 2. The van der Waals surface area contributed by atoms with E-state index in [2.05, 4.69) is 6.92 Å². The molecule has 0 heterocycles. The van der Waals surface area contributed by atoms with Gasteiger partial charge in [-0.15, -0.1) is 0 Å². The van der Waals surface area contributed by atoms with Gasteiger partial charge in [0.15, 0.2) is 5.60 Å². The number of ether oxygens (including phenoxy) is 2. The average Bonchev–Trinajstić information content (AvgIpc) is 2.58. The van der Waals surface area contributed by atoms with Crippen molar-refractivity contribution in [1.82, 2.24) is 0 Å². The summed E-state index contributed by atoms with van der Waals surface area (Å²) in [4.78, 5) is 34.5. The van der Waals surface area contributed by atoms with Crippen molar-refractivity contribution in [2.75, 3.05) is 13.2 Å². The quantitative estimate of drug-likeness (QED) is 0.315. The maximum Gasteiger partial charge on any atom is 0.336 e. The molecule has 152 valence electrons. The lowest BCUT2D eigenvalue weighted by Gasteiger charge is -2.21. The van der Waals surface area contributed by atoms with Crippen LogP contribution in [0.25, 0.3) is 0 Å². The summed E-state index contributed by atoms with van der Waals surface area (Å²) in [6, 6.07) is 0. The fraction of sp³-hybridized carbons (Fsp3) is 0.842. The second-order valence-corrected chi connectivity index (χ2v) is 6.61. The van der Waals surface area contributed by atoms with E-state index in [0.29, 0.717) is 12.8 Å². The van der Waals surface area contributed by atoms with Crippen molar-refractivity contribution in [3.63, 3.8) is 0 Å². The predicted octanol–water partition coefficient (Wildman–Crippen LogP) is 3.22. The van der Waals surface area contributed by atoms with Crippen LogP contribution in [0.1, 0.15) is 84.5 Å². The molecule has 0 aromatic heterocycles. The van der Waals surface area contributed by atoms with E-state index < -0.39 is 36.4 Å². The van der Waals surface area contributed by atoms with Crippen molar-refractivity contribution in [2.24, 2.45) is 0 Å². The van der Waals surface area contributed by atoms with Crippen LogP contribution < -0.4 is 0 Å². The van der Waals surface area contributed by atoms with Crippen LogP contribution in [0.2, 0.25) is 0 Å². The second kappa shape index (κ2) is 14.5. The van der Waals surface area contributed by atoms with Gasteiger partial charge in [0, 0.05) is 0 Å². The van der Waals surface area contributed by atoms with Gasteiger partial charge >= 0.3 is 17.9 Å². The molecule has 0 aromatic rings. The van der Waals surface area contributed by atoms with Crippen LogP contribution in [-0.4, -0.2) is 46.9 Å². The normalized spacial score (nSPS) is 13.0. The zero-order chi connectivity index (χ0) is 19.8. The van der Waals surface area contributed by atoms with Gasteiger partial charge in [0.05, 0.1) is 26.1 Å². The molecule has 7 heteroatoms. The van der Waals surface area contributed by atoms with Crippen molar-refractivity contribution in [2.45, 2.75) is 90.1 Å². The lowest BCUT2D eigenvalue weighted by Crippen LogP contribution is -2.43. The Bertz CT molecular complexity index is 422. The molecular weight excluding hydrogens is 340 g/mol. The summed E-state index contributed by atoms with van der Waals surface area (Å²) in [7, 11) is 0. The molecule has 0 aliphatic heterocycles. The molecule has 0 fully saturated rings. The maximum atomic E-state index is 11.8. The minimum atomic E-state index is -2.50. The van der Waals surface area contributed by atoms with E-state index in [9.17, 15) is 19.5 Å². The van der Waals surface area contributed by atoms with Crippen LogP contribution in [-0.2, 0) is 23.9 Å². The average molecular weight is 374 g/mol. The molecule has 0 aliphatic carbocycles. The fourth-order valence-electron chi connectivity index (χ4n) is 2.43. The van der Waals surface area contributed by atoms with Gasteiger partial charge in [-0.1, -0.05) is 58.8 Å². The Labute approximate surface area is 156 Å². The number of carbonyl (C=O) groups excluding carboxylic acids is 2. The zero-order valence-corrected chi connectivity index (χ0v) is 16.1. The number of carbonyl (C=O) groups is 3. The Morgan fingerprint density at radius 3 is 1.65 bits per heavy atom. The van der Waals surface area contributed by atoms with Gasteiger partial charge in [-0.05, 0) is 12.8 Å². The Morgan fingerprint density at radius 1 is 0.731 bits per heavy atom. The topological polar surface area (TPSA) is 110 Å². The van der Waals surface area contributed by atoms with E-state index in [-0.39, 0.29) is 13.2 Å². The van der Waals surface area contributed by atoms with Crippen LogP contribution in [0.5, 0.6) is 0 Å². The van der Waals surface area contributed by atoms with E-state index >= 15 is 0 Å². The van der Waals surface area contributed by atoms with E-state index in [1.54, 1.807) is 6.92 Å². The second-order valence-electron chi connectivity index (χ2n) is 6.61. The van der Waals surface area contributed by atoms with E-state index in [4.69, 9.17) is 14.6 Å². The third-order valence-corrected chi connectivity index (χ3v) is 4.00. The summed E-state index contributed by atoms with van der Waals surface area (Å²) in [5, 5.41) is 19.2. The van der Waals surface area contributed by atoms with E-state index in [1.807, 2.05) is 0 Å². The minimum Gasteiger partial charge on any atom is -0.479 e. The molecule has 26 heavy (non-hydrogen) atoms. The Morgan fingerprint density at radius 2 is 1.19 bits per heavy atom. The lowest BCUT2D eigenvalue weighted by atomic mass is 9.96. The van der Waals surface area contributed by atoms with E-state index in [1.165, 1.54) is 25.7 Å². The lowest BCUT2D eigenvalue weighted by molar-refractivity contribution is -0.173. The van der Waals surface area contributed by atoms with Crippen molar-refractivity contribution >= 4 is 17.9 Å². The first-order valence-electron chi connectivity index (χ1n) is 9.62. The predicted molar refractivity (Wildman–Crippen MR) is 96.6 cm³/mol. The molecular formula is C19H34O7. The summed E-state index contributed by atoms with van der Waals surface area (Å²) in [5.41, 5.74) is -2.50. The zero-order valence-electron chi connectivity index (χ0n) is 16.1. The van der Waals surface area contributed by atoms with Gasteiger partial charge in [0.2, 0.25) is 0 Å². The first kappa shape index (κ1) is 24.4. The Balaban J connectivity index is 4.04. The molecule has 1 unspecified atom stereocenters. The number of aliphatic hydroxyl groups is 1. The molecule has 7 nitrogen and oxygen atoms in total. The van der Waals surface area contributed by atoms with E-state index in [0.717, 1.165) is 19.3 Å². The molecule has 2 N–H and O–H groups in total. The molecule has 0 aliphatic rings. The van der Waals surface area contributed by atoms with Crippen LogP contribution in [0.15, 0.2) is 0 Å². The van der Waals surface area contributed by atoms with Crippen molar-refractivity contribution in [3.8, 4) is 0 Å². The summed E-state index contributed by atoms with van der Waals surface area (Å²) in [6.07, 6.45) is 7.83. The van der Waals surface area contributed by atoms with Crippen molar-refractivity contribution < 1.29 is 34.1 Å². The molecule has 0 spiro atoms.